The summed E-state index contributed by atoms with van der Waals surface area (Å²) < 4.78 is 32.8. The highest BCUT2D eigenvalue weighted by Gasteiger charge is 2.14. The predicted molar refractivity (Wildman–Crippen MR) is 121 cm³/mol. The second-order valence-electron chi connectivity index (χ2n) is 6.58. The Hall–Kier alpha value is -3.65. The third-order valence-corrected chi connectivity index (χ3v) is 5.49. The molecule has 3 rings (SSSR count). The Balaban J connectivity index is 1.57. The summed E-state index contributed by atoms with van der Waals surface area (Å²) in [6.07, 6.45) is 5.54. The second kappa shape index (κ2) is 10.4. The van der Waals surface area contributed by atoms with E-state index in [1.165, 1.54) is 36.5 Å². The highest BCUT2D eigenvalue weighted by Crippen LogP contribution is 2.17. The Bertz CT molecular complexity index is 1130. The molecule has 0 atom stereocenters. The van der Waals surface area contributed by atoms with Gasteiger partial charge in [0.05, 0.1) is 11.5 Å². The SMILES string of the molecule is CCCOc1ccc(C=CC(=O)Nc2ccc(S(=O)(=O)Nc3ccccn3)cc2)cc1. The van der Waals surface area contributed by atoms with Crippen LogP contribution in [0.25, 0.3) is 6.08 Å². The summed E-state index contributed by atoms with van der Waals surface area (Å²) in [6.45, 7) is 2.71. The molecule has 0 fully saturated rings. The van der Waals surface area contributed by atoms with Crippen molar-refractivity contribution in [2.75, 3.05) is 16.6 Å². The van der Waals surface area contributed by atoms with Crippen molar-refractivity contribution in [3.05, 3.63) is 84.6 Å². The molecule has 0 radical (unpaired) electrons. The molecule has 2 N–H and O–H groups in total. The number of benzene rings is 2. The summed E-state index contributed by atoms with van der Waals surface area (Å²) in [4.78, 5) is 16.2. The van der Waals surface area contributed by atoms with Crippen LogP contribution in [0, 0.1) is 0 Å². The first-order valence-corrected chi connectivity index (χ1v) is 11.2. The standard InChI is InChI=1S/C23H23N3O4S/c1-2-17-30-20-11-6-18(7-12-20)8-15-23(27)25-19-9-13-21(14-10-19)31(28,29)26-22-5-3-4-16-24-22/h3-16H,2,17H2,1H3,(H,24,26)(H,25,27). The number of ether oxygens (including phenoxy) is 1. The van der Waals surface area contributed by atoms with Crippen LogP contribution >= 0.6 is 0 Å². The van der Waals surface area contributed by atoms with Crippen LogP contribution in [0.4, 0.5) is 11.5 Å². The van der Waals surface area contributed by atoms with Crippen LogP contribution < -0.4 is 14.8 Å². The number of nitrogens with one attached hydrogen (secondary N) is 2. The number of anilines is 2. The summed E-state index contributed by atoms with van der Waals surface area (Å²) in [5, 5.41) is 2.70. The van der Waals surface area contributed by atoms with Crippen molar-refractivity contribution >= 4 is 33.5 Å². The first-order valence-electron chi connectivity index (χ1n) is 9.72. The van der Waals surface area contributed by atoms with E-state index in [9.17, 15) is 13.2 Å². The average molecular weight is 438 g/mol. The number of sulfonamides is 1. The van der Waals surface area contributed by atoms with Crippen LogP contribution in [-0.4, -0.2) is 25.9 Å². The lowest BCUT2D eigenvalue weighted by Gasteiger charge is -2.08. The van der Waals surface area contributed by atoms with Crippen molar-refractivity contribution in [1.29, 1.82) is 0 Å². The molecule has 0 aliphatic carbocycles. The first-order chi connectivity index (χ1) is 15.0. The quantitative estimate of drug-likeness (QED) is 0.486. The maximum Gasteiger partial charge on any atom is 0.263 e. The minimum absolute atomic E-state index is 0.0667. The molecule has 2 aromatic carbocycles. The molecule has 1 heterocycles. The number of carbonyl (C=O) groups excluding carboxylic acids is 1. The largest absolute Gasteiger partial charge is 0.494 e. The molecular formula is C23H23N3O4S. The van der Waals surface area contributed by atoms with Crippen molar-refractivity contribution < 1.29 is 17.9 Å². The van der Waals surface area contributed by atoms with E-state index in [4.69, 9.17) is 4.74 Å². The van der Waals surface area contributed by atoms with Crippen LogP contribution in [0.1, 0.15) is 18.9 Å². The molecule has 0 unspecified atom stereocenters. The molecule has 0 saturated heterocycles. The Morgan fingerprint density at radius 3 is 2.42 bits per heavy atom. The van der Waals surface area contributed by atoms with Gasteiger partial charge >= 0.3 is 0 Å². The number of pyridine rings is 1. The smallest absolute Gasteiger partial charge is 0.263 e. The number of hydrogen-bond donors (Lipinski definition) is 2. The van der Waals surface area contributed by atoms with Crippen molar-refractivity contribution in [3.8, 4) is 5.75 Å². The zero-order valence-electron chi connectivity index (χ0n) is 17.0. The van der Waals surface area contributed by atoms with Gasteiger partial charge < -0.3 is 10.1 Å². The van der Waals surface area contributed by atoms with Gasteiger partial charge in [0.1, 0.15) is 11.6 Å². The summed E-state index contributed by atoms with van der Waals surface area (Å²) in [7, 11) is -3.76. The van der Waals surface area contributed by atoms with E-state index >= 15 is 0 Å². The summed E-state index contributed by atoms with van der Waals surface area (Å²) in [5.41, 5.74) is 1.34. The minimum atomic E-state index is -3.76. The van der Waals surface area contributed by atoms with Gasteiger partial charge in [-0.25, -0.2) is 13.4 Å². The van der Waals surface area contributed by atoms with Gasteiger partial charge in [-0.3, -0.25) is 9.52 Å². The van der Waals surface area contributed by atoms with E-state index in [0.29, 0.717) is 12.3 Å². The maximum atomic E-state index is 12.4. The minimum Gasteiger partial charge on any atom is -0.494 e. The van der Waals surface area contributed by atoms with Gasteiger partial charge in [0.2, 0.25) is 5.91 Å². The van der Waals surface area contributed by atoms with Gasteiger partial charge in [0.25, 0.3) is 10.0 Å². The number of hydrogen-bond acceptors (Lipinski definition) is 5. The number of aromatic nitrogens is 1. The van der Waals surface area contributed by atoms with Gasteiger partial charge in [-0.2, -0.15) is 0 Å². The lowest BCUT2D eigenvalue weighted by Crippen LogP contribution is -2.14. The topological polar surface area (TPSA) is 97.4 Å². The molecule has 1 aromatic heterocycles. The molecule has 0 spiro atoms. The van der Waals surface area contributed by atoms with Crippen molar-refractivity contribution in [1.82, 2.24) is 4.98 Å². The zero-order valence-corrected chi connectivity index (χ0v) is 17.8. The van der Waals surface area contributed by atoms with Crippen molar-refractivity contribution in [2.24, 2.45) is 0 Å². The molecule has 0 aliphatic rings. The Labute approximate surface area is 181 Å². The summed E-state index contributed by atoms with van der Waals surface area (Å²) in [5.74, 6) is 0.694. The van der Waals surface area contributed by atoms with Crippen LogP contribution in [-0.2, 0) is 14.8 Å². The third kappa shape index (κ3) is 6.68. The van der Waals surface area contributed by atoms with E-state index in [0.717, 1.165) is 17.7 Å². The molecule has 0 bridgehead atoms. The van der Waals surface area contributed by atoms with Gasteiger partial charge in [-0.1, -0.05) is 25.1 Å². The molecule has 0 aliphatic heterocycles. The fourth-order valence-electron chi connectivity index (χ4n) is 2.59. The number of nitrogens with zero attached hydrogens (tertiary/aromatic N) is 1. The first kappa shape index (κ1) is 22.0. The zero-order chi connectivity index (χ0) is 22.1. The lowest BCUT2D eigenvalue weighted by molar-refractivity contribution is -0.111. The number of amides is 1. The number of carbonyl (C=O) groups is 1. The molecule has 7 nitrogen and oxygen atoms in total. The van der Waals surface area contributed by atoms with E-state index in [1.807, 2.05) is 31.2 Å². The van der Waals surface area contributed by atoms with Gasteiger partial charge in [0.15, 0.2) is 0 Å². The average Bonchev–Trinajstić information content (AvgIpc) is 2.78. The Kier molecular flexibility index (Phi) is 7.40. The molecule has 31 heavy (non-hydrogen) atoms. The highest BCUT2D eigenvalue weighted by molar-refractivity contribution is 7.92. The monoisotopic (exact) mass is 437 g/mol. The van der Waals surface area contributed by atoms with Crippen LogP contribution in [0.2, 0.25) is 0 Å². The fourth-order valence-corrected chi connectivity index (χ4v) is 3.60. The van der Waals surface area contributed by atoms with Crippen molar-refractivity contribution in [2.45, 2.75) is 18.2 Å². The van der Waals surface area contributed by atoms with Gasteiger partial charge in [-0.15, -0.1) is 0 Å². The molecule has 0 saturated carbocycles. The van der Waals surface area contributed by atoms with Crippen LogP contribution in [0.3, 0.4) is 0 Å². The molecule has 160 valence electrons. The fraction of sp³-hybridized carbons (Fsp3) is 0.130. The molecule has 8 heteroatoms. The maximum absolute atomic E-state index is 12.4. The second-order valence-corrected chi connectivity index (χ2v) is 8.27. The Morgan fingerprint density at radius 1 is 1.03 bits per heavy atom. The number of rotatable bonds is 9. The molecular weight excluding hydrogens is 414 g/mol. The summed E-state index contributed by atoms with van der Waals surface area (Å²) >= 11 is 0. The van der Waals surface area contributed by atoms with E-state index in [-0.39, 0.29) is 16.6 Å². The normalized spacial score (nSPS) is 11.3. The Morgan fingerprint density at radius 2 is 1.77 bits per heavy atom. The van der Waals surface area contributed by atoms with Gasteiger partial charge in [0, 0.05) is 18.0 Å². The van der Waals surface area contributed by atoms with Crippen LogP contribution in [0.5, 0.6) is 5.75 Å². The molecule has 1 amide bonds. The van der Waals surface area contributed by atoms with E-state index in [2.05, 4.69) is 15.0 Å². The predicted octanol–water partition coefficient (Wildman–Crippen LogP) is 4.32. The van der Waals surface area contributed by atoms with E-state index < -0.39 is 10.0 Å². The summed E-state index contributed by atoms with van der Waals surface area (Å²) in [6, 6.07) is 18.3. The van der Waals surface area contributed by atoms with Crippen LogP contribution in [0.15, 0.2) is 83.9 Å². The third-order valence-electron chi connectivity index (χ3n) is 4.12. The van der Waals surface area contributed by atoms with Gasteiger partial charge in [-0.05, 0) is 66.6 Å². The van der Waals surface area contributed by atoms with E-state index in [1.54, 1.807) is 24.3 Å². The lowest BCUT2D eigenvalue weighted by atomic mass is 10.2. The highest BCUT2D eigenvalue weighted by atomic mass is 32.2. The molecule has 3 aromatic rings. The van der Waals surface area contributed by atoms with Crippen molar-refractivity contribution in [3.63, 3.8) is 0 Å².